The second-order valence-electron chi connectivity index (χ2n) is 4.66. The van der Waals surface area contributed by atoms with Gasteiger partial charge in [0.2, 0.25) is 0 Å². The molecule has 0 aromatic carbocycles. The SMILES string of the molecule is CS/C(NC(C)C)=C(\C)CCN=CC(C)C. The molecule has 0 aromatic rings. The standard InChI is InChI=1S/C13H26N2S/c1-10(2)9-14-8-7-12(5)13(16-6)15-11(3)4/h9-11,15H,7-8H2,1-6H3/b13-12+,14-9?. The van der Waals surface area contributed by atoms with E-state index in [1.54, 1.807) is 11.8 Å². The lowest BCUT2D eigenvalue weighted by Gasteiger charge is -2.15. The molecule has 0 aromatic heterocycles. The van der Waals surface area contributed by atoms with Gasteiger partial charge in [-0.3, -0.25) is 4.99 Å². The van der Waals surface area contributed by atoms with Crippen LogP contribution in [0, 0.1) is 5.92 Å². The first-order valence-electron chi connectivity index (χ1n) is 5.97. The first kappa shape index (κ1) is 15.6. The molecule has 0 rings (SSSR count). The molecule has 0 unspecified atom stereocenters. The molecule has 16 heavy (non-hydrogen) atoms. The lowest BCUT2D eigenvalue weighted by Crippen LogP contribution is -2.21. The molecule has 3 heteroatoms. The summed E-state index contributed by atoms with van der Waals surface area (Å²) in [6, 6.07) is 0.497. The van der Waals surface area contributed by atoms with E-state index < -0.39 is 0 Å². The van der Waals surface area contributed by atoms with Gasteiger partial charge in [-0.05, 0) is 44.9 Å². The van der Waals surface area contributed by atoms with Crippen LogP contribution in [-0.2, 0) is 0 Å². The fourth-order valence-electron chi connectivity index (χ4n) is 1.25. The molecule has 0 fully saturated rings. The maximum absolute atomic E-state index is 4.41. The molecule has 94 valence electrons. The second kappa shape index (κ2) is 8.68. The molecule has 1 N–H and O–H groups in total. The number of hydrogen-bond acceptors (Lipinski definition) is 3. The fourth-order valence-corrected chi connectivity index (χ4v) is 2.05. The van der Waals surface area contributed by atoms with Gasteiger partial charge in [0.05, 0.1) is 5.03 Å². The zero-order valence-electron chi connectivity index (χ0n) is 11.5. The molecule has 0 heterocycles. The highest BCUT2D eigenvalue weighted by molar-refractivity contribution is 8.02. The Morgan fingerprint density at radius 1 is 1.31 bits per heavy atom. The number of aliphatic imine (C=N–C) groups is 1. The van der Waals surface area contributed by atoms with Gasteiger partial charge in [0.25, 0.3) is 0 Å². The van der Waals surface area contributed by atoms with Gasteiger partial charge in [-0.15, -0.1) is 11.8 Å². The van der Waals surface area contributed by atoms with E-state index in [9.17, 15) is 0 Å². The maximum Gasteiger partial charge on any atom is 0.0670 e. The summed E-state index contributed by atoms with van der Waals surface area (Å²) < 4.78 is 0. The minimum Gasteiger partial charge on any atom is -0.378 e. The van der Waals surface area contributed by atoms with Crippen molar-refractivity contribution >= 4 is 18.0 Å². The maximum atomic E-state index is 4.41. The average Bonchev–Trinajstić information content (AvgIpc) is 2.20. The van der Waals surface area contributed by atoms with E-state index in [-0.39, 0.29) is 0 Å². The highest BCUT2D eigenvalue weighted by Gasteiger charge is 2.02. The number of thioether (sulfide) groups is 1. The zero-order chi connectivity index (χ0) is 12.6. The first-order valence-corrected chi connectivity index (χ1v) is 7.20. The third-order valence-electron chi connectivity index (χ3n) is 2.03. The van der Waals surface area contributed by atoms with Crippen molar-refractivity contribution in [3.8, 4) is 0 Å². The molecule has 0 aliphatic heterocycles. The third kappa shape index (κ3) is 7.80. The molecule has 2 nitrogen and oxygen atoms in total. The predicted molar refractivity (Wildman–Crippen MR) is 77.3 cm³/mol. The average molecular weight is 242 g/mol. The van der Waals surface area contributed by atoms with Crippen LogP contribution in [0.25, 0.3) is 0 Å². The van der Waals surface area contributed by atoms with Crippen LogP contribution in [0.3, 0.4) is 0 Å². The number of nitrogens with one attached hydrogen (secondary N) is 1. The topological polar surface area (TPSA) is 24.4 Å². The quantitative estimate of drug-likeness (QED) is 0.688. The highest BCUT2D eigenvalue weighted by Crippen LogP contribution is 2.16. The minimum absolute atomic E-state index is 0.497. The summed E-state index contributed by atoms with van der Waals surface area (Å²) in [5.41, 5.74) is 1.40. The van der Waals surface area contributed by atoms with Crippen LogP contribution >= 0.6 is 11.8 Å². The van der Waals surface area contributed by atoms with Crippen molar-refractivity contribution in [3.63, 3.8) is 0 Å². The van der Waals surface area contributed by atoms with Crippen molar-refractivity contribution in [1.82, 2.24) is 5.32 Å². The molecule has 0 amide bonds. The van der Waals surface area contributed by atoms with E-state index in [1.807, 2.05) is 6.21 Å². The lowest BCUT2D eigenvalue weighted by atomic mass is 10.2. The molecule has 0 saturated carbocycles. The van der Waals surface area contributed by atoms with Crippen molar-refractivity contribution in [3.05, 3.63) is 10.6 Å². The summed E-state index contributed by atoms with van der Waals surface area (Å²) in [6.07, 6.45) is 5.19. The predicted octanol–water partition coefficient (Wildman–Crippen LogP) is 3.70. The van der Waals surface area contributed by atoms with E-state index in [0.717, 1.165) is 13.0 Å². The molecule has 0 aliphatic rings. The number of nitrogens with zero attached hydrogens (tertiary/aromatic N) is 1. The van der Waals surface area contributed by atoms with Crippen molar-refractivity contribution < 1.29 is 0 Å². The molecule has 0 atom stereocenters. The first-order chi connectivity index (χ1) is 7.47. The van der Waals surface area contributed by atoms with Crippen LogP contribution < -0.4 is 5.32 Å². The Morgan fingerprint density at radius 3 is 2.38 bits per heavy atom. The van der Waals surface area contributed by atoms with Crippen LogP contribution in [0.1, 0.15) is 41.0 Å². The Kier molecular flexibility index (Phi) is 8.44. The molecule has 0 aliphatic carbocycles. The van der Waals surface area contributed by atoms with Crippen molar-refractivity contribution in [1.29, 1.82) is 0 Å². The van der Waals surface area contributed by atoms with Crippen molar-refractivity contribution in [2.24, 2.45) is 10.9 Å². The molecule has 0 bridgehead atoms. The van der Waals surface area contributed by atoms with Gasteiger partial charge in [-0.1, -0.05) is 13.8 Å². The number of rotatable bonds is 7. The summed E-state index contributed by atoms with van der Waals surface area (Å²) >= 11 is 1.79. The third-order valence-corrected chi connectivity index (χ3v) is 2.91. The second-order valence-corrected chi connectivity index (χ2v) is 5.48. The van der Waals surface area contributed by atoms with Gasteiger partial charge in [0, 0.05) is 18.8 Å². The Balaban J connectivity index is 4.17. The highest BCUT2D eigenvalue weighted by atomic mass is 32.2. The normalized spacial score (nSPS) is 13.8. The van der Waals surface area contributed by atoms with Gasteiger partial charge in [-0.2, -0.15) is 0 Å². The molecule has 0 spiro atoms. The van der Waals surface area contributed by atoms with E-state index >= 15 is 0 Å². The van der Waals surface area contributed by atoms with Crippen LogP contribution in [0.5, 0.6) is 0 Å². The van der Waals surface area contributed by atoms with Gasteiger partial charge in [0.15, 0.2) is 0 Å². The summed E-state index contributed by atoms with van der Waals surface area (Å²) in [5.74, 6) is 0.554. The molecular formula is C13H26N2S. The summed E-state index contributed by atoms with van der Waals surface area (Å²) in [4.78, 5) is 4.41. The van der Waals surface area contributed by atoms with Crippen LogP contribution in [0.2, 0.25) is 0 Å². The zero-order valence-corrected chi connectivity index (χ0v) is 12.3. The van der Waals surface area contributed by atoms with E-state index in [0.29, 0.717) is 12.0 Å². The summed E-state index contributed by atoms with van der Waals surface area (Å²) in [7, 11) is 0. The van der Waals surface area contributed by atoms with Gasteiger partial charge < -0.3 is 5.32 Å². The Morgan fingerprint density at radius 2 is 1.94 bits per heavy atom. The largest absolute Gasteiger partial charge is 0.378 e. The van der Waals surface area contributed by atoms with Gasteiger partial charge >= 0.3 is 0 Å². The number of hydrogen-bond donors (Lipinski definition) is 1. The summed E-state index contributed by atoms with van der Waals surface area (Å²) in [5, 5.41) is 4.77. The van der Waals surface area contributed by atoms with Crippen LogP contribution in [0.15, 0.2) is 15.6 Å². The molecular weight excluding hydrogens is 216 g/mol. The Hall–Kier alpha value is -0.440. The molecule has 0 radical (unpaired) electrons. The van der Waals surface area contributed by atoms with E-state index in [2.05, 4.69) is 51.2 Å². The van der Waals surface area contributed by atoms with Gasteiger partial charge in [0.1, 0.15) is 0 Å². The van der Waals surface area contributed by atoms with Crippen LogP contribution in [-0.4, -0.2) is 25.1 Å². The lowest BCUT2D eigenvalue weighted by molar-refractivity contribution is 0.685. The van der Waals surface area contributed by atoms with Crippen LogP contribution in [0.4, 0.5) is 0 Å². The van der Waals surface area contributed by atoms with E-state index in [4.69, 9.17) is 0 Å². The summed E-state index contributed by atoms with van der Waals surface area (Å²) in [6.45, 7) is 11.7. The minimum atomic E-state index is 0.497. The monoisotopic (exact) mass is 242 g/mol. The smallest absolute Gasteiger partial charge is 0.0670 e. The fraction of sp³-hybridized carbons (Fsp3) is 0.769. The van der Waals surface area contributed by atoms with Crippen molar-refractivity contribution in [2.45, 2.75) is 47.1 Å². The van der Waals surface area contributed by atoms with Crippen molar-refractivity contribution in [2.75, 3.05) is 12.8 Å². The van der Waals surface area contributed by atoms with Gasteiger partial charge in [-0.25, -0.2) is 0 Å². The Labute approximate surface area is 105 Å². The Bertz CT molecular complexity index is 242. The van der Waals surface area contributed by atoms with E-state index in [1.165, 1.54) is 10.6 Å². The molecule has 0 saturated heterocycles.